The van der Waals surface area contributed by atoms with E-state index in [4.69, 9.17) is 0 Å². The third-order valence-electron chi connectivity index (χ3n) is 4.81. The van der Waals surface area contributed by atoms with E-state index in [0.717, 1.165) is 32.1 Å². The van der Waals surface area contributed by atoms with Gasteiger partial charge in [-0.2, -0.15) is 0 Å². The Balaban J connectivity index is 2.46. The summed E-state index contributed by atoms with van der Waals surface area (Å²) in [4.78, 5) is 0. The average molecular weight is 272 g/mol. The zero-order chi connectivity index (χ0) is 13.8. The summed E-state index contributed by atoms with van der Waals surface area (Å²) in [5, 5.41) is -0.838. The first-order valence-electron chi connectivity index (χ1n) is 7.39. The monoisotopic (exact) mass is 272 g/mol. The number of hydrogen-bond acceptors (Lipinski definition) is 0. The van der Waals surface area contributed by atoms with E-state index in [1.807, 2.05) is 6.66 Å². The Morgan fingerprint density at radius 2 is 2.17 bits per heavy atom. The number of hydrogen-bond donors (Lipinski definition) is 0. The average Bonchev–Trinajstić information content (AvgIpc) is 2.35. The summed E-state index contributed by atoms with van der Waals surface area (Å²) in [6.45, 7) is 12.9. The maximum Gasteiger partial charge on any atom is 0.126 e. The van der Waals surface area contributed by atoms with E-state index in [1.165, 1.54) is 18.4 Å². The molecule has 0 heterocycles. The van der Waals surface area contributed by atoms with Gasteiger partial charge in [-0.1, -0.05) is 47.9 Å². The SMILES string of the molecule is C=C(CC)C(C)(C)CCC1CCCC(F)(PC)C1. The minimum atomic E-state index is -0.838. The zero-order valence-corrected chi connectivity index (χ0v) is 13.6. The second kappa shape index (κ2) is 6.51. The van der Waals surface area contributed by atoms with Crippen molar-refractivity contribution in [2.75, 3.05) is 6.66 Å². The lowest BCUT2D eigenvalue weighted by atomic mass is 9.75. The molecule has 2 heteroatoms. The van der Waals surface area contributed by atoms with Crippen molar-refractivity contribution in [2.45, 2.75) is 71.1 Å². The topological polar surface area (TPSA) is 0 Å². The molecule has 1 fully saturated rings. The van der Waals surface area contributed by atoms with Crippen molar-refractivity contribution in [3.63, 3.8) is 0 Å². The van der Waals surface area contributed by atoms with Crippen LogP contribution < -0.4 is 0 Å². The first kappa shape index (κ1) is 16.2. The second-order valence-corrected chi connectivity index (χ2v) is 7.95. The van der Waals surface area contributed by atoms with Crippen LogP contribution in [0.1, 0.15) is 65.7 Å². The van der Waals surface area contributed by atoms with Gasteiger partial charge >= 0.3 is 0 Å². The molecule has 0 spiro atoms. The molecule has 1 saturated carbocycles. The van der Waals surface area contributed by atoms with Gasteiger partial charge in [0.2, 0.25) is 0 Å². The zero-order valence-electron chi connectivity index (χ0n) is 12.6. The fraction of sp³-hybridized carbons (Fsp3) is 0.875. The Morgan fingerprint density at radius 1 is 1.50 bits per heavy atom. The van der Waals surface area contributed by atoms with E-state index in [-0.39, 0.29) is 5.41 Å². The lowest BCUT2D eigenvalue weighted by Gasteiger charge is -2.36. The normalized spacial score (nSPS) is 29.9. The highest BCUT2D eigenvalue weighted by Crippen LogP contribution is 2.47. The highest BCUT2D eigenvalue weighted by atomic mass is 31.1. The lowest BCUT2D eigenvalue weighted by molar-refractivity contribution is 0.149. The van der Waals surface area contributed by atoms with Crippen LogP contribution in [0.5, 0.6) is 0 Å². The smallest absolute Gasteiger partial charge is 0.126 e. The summed E-state index contributed by atoms with van der Waals surface area (Å²) in [7, 11) is 0.448. The maximum absolute atomic E-state index is 14.4. The summed E-state index contributed by atoms with van der Waals surface area (Å²) in [6, 6.07) is 0. The van der Waals surface area contributed by atoms with E-state index < -0.39 is 5.41 Å². The van der Waals surface area contributed by atoms with Crippen molar-refractivity contribution in [3.05, 3.63) is 12.2 Å². The molecule has 0 aromatic heterocycles. The first-order valence-corrected chi connectivity index (χ1v) is 8.89. The Bertz CT molecular complexity index is 285. The van der Waals surface area contributed by atoms with E-state index in [1.54, 1.807) is 0 Å². The summed E-state index contributed by atoms with van der Waals surface area (Å²) in [6.07, 6.45) is 7.29. The van der Waals surface area contributed by atoms with Crippen LogP contribution in [0.3, 0.4) is 0 Å². The van der Waals surface area contributed by atoms with Gasteiger partial charge < -0.3 is 0 Å². The molecule has 3 atom stereocenters. The van der Waals surface area contributed by atoms with Crippen LogP contribution >= 0.6 is 8.58 Å². The molecule has 1 aliphatic rings. The fourth-order valence-electron chi connectivity index (χ4n) is 3.03. The molecule has 0 aromatic rings. The third-order valence-corrected chi connectivity index (χ3v) is 6.16. The van der Waals surface area contributed by atoms with Crippen LogP contribution in [0.2, 0.25) is 0 Å². The van der Waals surface area contributed by atoms with Crippen molar-refractivity contribution in [1.29, 1.82) is 0 Å². The molecule has 0 bridgehead atoms. The molecule has 0 nitrogen and oxygen atoms in total. The Morgan fingerprint density at radius 3 is 2.72 bits per heavy atom. The van der Waals surface area contributed by atoms with Crippen molar-refractivity contribution >= 4 is 8.58 Å². The van der Waals surface area contributed by atoms with Crippen LogP contribution in [0, 0.1) is 11.3 Å². The Hall–Kier alpha value is 0.100. The molecule has 0 N–H and O–H groups in total. The molecule has 18 heavy (non-hydrogen) atoms. The number of allylic oxidation sites excluding steroid dienone is 1. The van der Waals surface area contributed by atoms with Crippen LogP contribution in [-0.2, 0) is 0 Å². The van der Waals surface area contributed by atoms with Gasteiger partial charge in [-0.05, 0) is 56.5 Å². The van der Waals surface area contributed by atoms with Gasteiger partial charge in [0, 0.05) is 0 Å². The summed E-state index contributed by atoms with van der Waals surface area (Å²) < 4.78 is 14.4. The Kier molecular flexibility index (Phi) is 5.84. The summed E-state index contributed by atoms with van der Waals surface area (Å²) >= 11 is 0. The van der Waals surface area contributed by atoms with Gasteiger partial charge in [0.1, 0.15) is 5.41 Å². The third kappa shape index (κ3) is 4.34. The molecule has 106 valence electrons. The highest BCUT2D eigenvalue weighted by molar-refractivity contribution is 7.38. The molecular formula is C16H30FP. The predicted molar refractivity (Wildman–Crippen MR) is 82.5 cm³/mol. The van der Waals surface area contributed by atoms with Crippen LogP contribution in [0.15, 0.2) is 12.2 Å². The Labute approximate surface area is 115 Å². The van der Waals surface area contributed by atoms with Gasteiger partial charge in [-0.3, -0.25) is 0 Å². The fourth-order valence-corrected chi connectivity index (χ4v) is 3.95. The van der Waals surface area contributed by atoms with E-state index in [0.29, 0.717) is 14.5 Å². The van der Waals surface area contributed by atoms with E-state index in [2.05, 4.69) is 27.4 Å². The summed E-state index contributed by atoms with van der Waals surface area (Å²) in [5.41, 5.74) is 1.56. The first-order chi connectivity index (χ1) is 8.33. The lowest BCUT2D eigenvalue weighted by Crippen LogP contribution is -2.27. The summed E-state index contributed by atoms with van der Waals surface area (Å²) in [5.74, 6) is 0.597. The number of rotatable bonds is 6. The van der Waals surface area contributed by atoms with Gasteiger partial charge in [0.05, 0.1) is 0 Å². The van der Waals surface area contributed by atoms with Crippen molar-refractivity contribution in [3.8, 4) is 0 Å². The van der Waals surface area contributed by atoms with E-state index in [9.17, 15) is 4.39 Å². The maximum atomic E-state index is 14.4. The molecule has 3 unspecified atom stereocenters. The largest absolute Gasteiger partial charge is 0.239 e. The molecule has 0 amide bonds. The molecule has 0 saturated heterocycles. The minimum Gasteiger partial charge on any atom is -0.239 e. The van der Waals surface area contributed by atoms with Gasteiger partial charge in [0.15, 0.2) is 0 Å². The molecule has 0 radical (unpaired) electrons. The predicted octanol–water partition coefficient (Wildman–Crippen LogP) is 5.92. The standard InChI is InChI=1S/C16H30FP/c1-6-13(2)15(3,4)11-9-14-8-7-10-16(17,12-14)18-5/h14,18H,2,6-12H2,1,3-5H3. The molecule has 1 rings (SSSR count). The molecule has 1 aliphatic carbocycles. The number of alkyl halides is 1. The highest BCUT2D eigenvalue weighted by Gasteiger charge is 2.35. The van der Waals surface area contributed by atoms with Gasteiger partial charge in [-0.25, -0.2) is 4.39 Å². The minimum absolute atomic E-state index is 0.222. The van der Waals surface area contributed by atoms with Crippen LogP contribution in [0.4, 0.5) is 4.39 Å². The molecule has 0 aromatic carbocycles. The van der Waals surface area contributed by atoms with Crippen molar-refractivity contribution in [1.82, 2.24) is 0 Å². The van der Waals surface area contributed by atoms with Gasteiger partial charge in [0.25, 0.3) is 0 Å². The second-order valence-electron chi connectivity index (χ2n) is 6.56. The van der Waals surface area contributed by atoms with Gasteiger partial charge in [-0.15, -0.1) is 0 Å². The molecule has 0 aliphatic heterocycles. The van der Waals surface area contributed by atoms with Crippen molar-refractivity contribution in [2.24, 2.45) is 11.3 Å². The number of halogens is 1. The van der Waals surface area contributed by atoms with E-state index >= 15 is 0 Å². The van der Waals surface area contributed by atoms with Crippen LogP contribution in [-0.4, -0.2) is 12.1 Å². The quantitative estimate of drug-likeness (QED) is 0.415. The molecular weight excluding hydrogens is 242 g/mol. The van der Waals surface area contributed by atoms with Crippen molar-refractivity contribution < 1.29 is 4.39 Å². The van der Waals surface area contributed by atoms with Crippen LogP contribution in [0.25, 0.3) is 0 Å².